The molecule has 1 amide bonds. The first kappa shape index (κ1) is 21.7. The first-order valence-electron chi connectivity index (χ1n) is 10.3. The highest BCUT2D eigenvalue weighted by atomic mass is 35.5. The van der Waals surface area contributed by atoms with Crippen LogP contribution >= 0.6 is 11.6 Å². The van der Waals surface area contributed by atoms with Gasteiger partial charge < -0.3 is 14.4 Å². The Morgan fingerprint density at radius 3 is 2.25 bits per heavy atom. The fourth-order valence-electron chi connectivity index (χ4n) is 3.80. The Morgan fingerprint density at radius 1 is 0.938 bits per heavy atom. The topological polar surface area (TPSA) is 55.8 Å². The molecule has 0 fully saturated rings. The van der Waals surface area contributed by atoms with Gasteiger partial charge in [0.15, 0.2) is 0 Å². The van der Waals surface area contributed by atoms with Crippen molar-refractivity contribution in [2.24, 2.45) is 0 Å². The van der Waals surface area contributed by atoms with Crippen molar-refractivity contribution in [3.8, 4) is 5.75 Å². The van der Waals surface area contributed by atoms with Crippen LogP contribution in [0.3, 0.4) is 0 Å². The number of fused-ring (bicyclic) bond motifs is 1. The molecule has 0 bridgehead atoms. The van der Waals surface area contributed by atoms with Crippen LogP contribution in [0.25, 0.3) is 11.3 Å². The van der Waals surface area contributed by atoms with E-state index in [-0.39, 0.29) is 24.6 Å². The number of esters is 1. The van der Waals surface area contributed by atoms with E-state index in [1.807, 2.05) is 42.5 Å². The molecule has 4 rings (SSSR count). The molecule has 0 N–H and O–H groups in total. The average Bonchev–Trinajstić information content (AvgIpc) is 3.08. The second-order valence-electron chi connectivity index (χ2n) is 7.21. The van der Waals surface area contributed by atoms with Crippen LogP contribution in [0.15, 0.2) is 72.8 Å². The minimum absolute atomic E-state index is 0.180. The molecule has 0 unspecified atom stereocenters. The molecule has 0 atom stereocenters. The highest BCUT2D eigenvalue weighted by Gasteiger charge is 2.37. The van der Waals surface area contributed by atoms with Crippen molar-refractivity contribution in [3.05, 3.63) is 100 Å². The van der Waals surface area contributed by atoms with Crippen molar-refractivity contribution in [2.75, 3.05) is 13.7 Å². The summed E-state index contributed by atoms with van der Waals surface area (Å²) < 4.78 is 10.6. The Bertz CT molecular complexity index is 1200. The quantitative estimate of drug-likeness (QED) is 0.373. The second-order valence-corrected chi connectivity index (χ2v) is 7.62. The molecule has 0 aliphatic carbocycles. The minimum Gasteiger partial charge on any atom is -0.497 e. The lowest BCUT2D eigenvalue weighted by Gasteiger charge is -2.22. The number of ether oxygens (including phenoxy) is 2. The van der Waals surface area contributed by atoms with Crippen LogP contribution in [0, 0.1) is 0 Å². The Balaban J connectivity index is 1.93. The van der Waals surface area contributed by atoms with Crippen LogP contribution in [-0.4, -0.2) is 30.5 Å². The molecular weight excluding hydrogens is 426 g/mol. The molecule has 32 heavy (non-hydrogen) atoms. The lowest BCUT2D eigenvalue weighted by atomic mass is 9.98. The van der Waals surface area contributed by atoms with E-state index in [9.17, 15) is 9.59 Å². The summed E-state index contributed by atoms with van der Waals surface area (Å²) in [5, 5.41) is 0.407. The fourth-order valence-corrected chi connectivity index (χ4v) is 4.03. The summed E-state index contributed by atoms with van der Waals surface area (Å²) in [7, 11) is 1.60. The molecule has 5 nitrogen and oxygen atoms in total. The predicted molar refractivity (Wildman–Crippen MR) is 124 cm³/mol. The van der Waals surface area contributed by atoms with Crippen molar-refractivity contribution in [1.29, 1.82) is 0 Å². The number of amides is 1. The summed E-state index contributed by atoms with van der Waals surface area (Å²) in [6.07, 6.45) is 0. The molecular formula is C26H22ClNO4. The van der Waals surface area contributed by atoms with Crippen molar-refractivity contribution in [2.45, 2.75) is 13.5 Å². The van der Waals surface area contributed by atoms with Gasteiger partial charge in [-0.3, -0.25) is 4.79 Å². The average molecular weight is 448 g/mol. The zero-order valence-corrected chi connectivity index (χ0v) is 18.6. The SMILES string of the molecule is CCOC(=O)/C(=C1\c2ccccc2C(=O)N1Cc1ccc(OC)cc1)c1ccccc1Cl. The van der Waals surface area contributed by atoms with E-state index >= 15 is 0 Å². The van der Waals surface area contributed by atoms with Crippen LogP contribution in [0.2, 0.25) is 5.02 Å². The number of hydrogen-bond acceptors (Lipinski definition) is 4. The molecule has 6 heteroatoms. The first-order chi connectivity index (χ1) is 15.5. The number of hydrogen-bond donors (Lipinski definition) is 0. The number of carbonyl (C=O) groups excluding carboxylic acids is 2. The largest absolute Gasteiger partial charge is 0.497 e. The van der Waals surface area contributed by atoms with Gasteiger partial charge >= 0.3 is 5.97 Å². The van der Waals surface area contributed by atoms with Gasteiger partial charge in [-0.1, -0.05) is 60.1 Å². The molecule has 0 aromatic heterocycles. The number of carbonyl (C=O) groups is 2. The van der Waals surface area contributed by atoms with Crippen molar-refractivity contribution >= 4 is 34.7 Å². The Morgan fingerprint density at radius 2 is 1.59 bits per heavy atom. The molecule has 0 saturated heterocycles. The van der Waals surface area contributed by atoms with Gasteiger partial charge in [-0.2, -0.15) is 0 Å². The Labute approximate surface area is 191 Å². The van der Waals surface area contributed by atoms with Gasteiger partial charge in [-0.25, -0.2) is 4.79 Å². The maximum atomic E-state index is 13.4. The van der Waals surface area contributed by atoms with Gasteiger partial charge in [0.25, 0.3) is 5.91 Å². The molecule has 1 aliphatic heterocycles. The van der Waals surface area contributed by atoms with Crippen LogP contribution in [-0.2, 0) is 16.1 Å². The number of rotatable bonds is 6. The lowest BCUT2D eigenvalue weighted by Crippen LogP contribution is -2.25. The molecule has 0 saturated carbocycles. The highest BCUT2D eigenvalue weighted by molar-refractivity contribution is 6.37. The van der Waals surface area contributed by atoms with E-state index in [0.717, 1.165) is 11.3 Å². The summed E-state index contributed by atoms with van der Waals surface area (Å²) in [5.74, 6) is 0.0175. The fraction of sp³-hybridized carbons (Fsp3) is 0.154. The van der Waals surface area contributed by atoms with Gasteiger partial charge in [-0.15, -0.1) is 0 Å². The summed E-state index contributed by atoms with van der Waals surface area (Å²) >= 11 is 6.49. The summed E-state index contributed by atoms with van der Waals surface area (Å²) in [6, 6.07) is 21.8. The molecule has 0 radical (unpaired) electrons. The van der Waals surface area contributed by atoms with E-state index < -0.39 is 5.97 Å². The van der Waals surface area contributed by atoms with Gasteiger partial charge in [-0.05, 0) is 36.8 Å². The van der Waals surface area contributed by atoms with E-state index in [4.69, 9.17) is 21.1 Å². The van der Waals surface area contributed by atoms with E-state index in [1.165, 1.54) is 0 Å². The molecule has 162 valence electrons. The Kier molecular flexibility index (Phi) is 6.28. The van der Waals surface area contributed by atoms with E-state index in [1.54, 1.807) is 49.3 Å². The standard InChI is InChI=1S/C26H22ClNO4/c1-3-32-26(30)23(21-10-6-7-11-22(21)27)24-19-8-4-5-9-20(19)25(29)28(24)16-17-12-14-18(31-2)15-13-17/h4-15H,3,16H2,1-2H3/b24-23+. The number of nitrogens with zero attached hydrogens (tertiary/aromatic N) is 1. The third kappa shape index (κ3) is 3.99. The minimum atomic E-state index is -0.528. The van der Waals surface area contributed by atoms with Crippen LogP contribution in [0.4, 0.5) is 0 Å². The molecule has 3 aromatic carbocycles. The van der Waals surface area contributed by atoms with Crippen molar-refractivity contribution in [1.82, 2.24) is 4.90 Å². The number of methoxy groups -OCH3 is 1. The van der Waals surface area contributed by atoms with E-state index in [0.29, 0.717) is 27.4 Å². The molecule has 1 aliphatic rings. The van der Waals surface area contributed by atoms with Crippen LogP contribution < -0.4 is 4.74 Å². The second kappa shape index (κ2) is 9.28. The molecule has 0 spiro atoms. The third-order valence-electron chi connectivity index (χ3n) is 5.29. The first-order valence-corrected chi connectivity index (χ1v) is 10.6. The zero-order chi connectivity index (χ0) is 22.7. The van der Waals surface area contributed by atoms with Crippen molar-refractivity contribution < 1.29 is 19.1 Å². The van der Waals surface area contributed by atoms with Gasteiger partial charge in [0, 0.05) is 21.7 Å². The highest BCUT2D eigenvalue weighted by Crippen LogP contribution is 2.41. The summed E-state index contributed by atoms with van der Waals surface area (Å²) in [6.45, 7) is 2.23. The summed E-state index contributed by atoms with van der Waals surface area (Å²) in [5.41, 5.74) is 3.38. The number of halogens is 1. The molecule has 1 heterocycles. The predicted octanol–water partition coefficient (Wildman–Crippen LogP) is 5.44. The number of benzene rings is 3. The summed E-state index contributed by atoms with van der Waals surface area (Å²) in [4.78, 5) is 28.2. The van der Waals surface area contributed by atoms with Gasteiger partial charge in [0.1, 0.15) is 5.75 Å². The van der Waals surface area contributed by atoms with E-state index in [2.05, 4.69) is 0 Å². The maximum absolute atomic E-state index is 13.4. The van der Waals surface area contributed by atoms with Gasteiger partial charge in [0.2, 0.25) is 0 Å². The van der Waals surface area contributed by atoms with Crippen molar-refractivity contribution in [3.63, 3.8) is 0 Å². The normalized spacial score (nSPS) is 14.2. The zero-order valence-electron chi connectivity index (χ0n) is 17.8. The monoisotopic (exact) mass is 447 g/mol. The maximum Gasteiger partial charge on any atom is 0.340 e. The Hall–Kier alpha value is -3.57. The smallest absolute Gasteiger partial charge is 0.340 e. The van der Waals surface area contributed by atoms with Crippen LogP contribution in [0.5, 0.6) is 5.75 Å². The molecule has 3 aromatic rings. The van der Waals surface area contributed by atoms with Crippen LogP contribution in [0.1, 0.15) is 34.0 Å². The lowest BCUT2D eigenvalue weighted by molar-refractivity contribution is -0.136. The van der Waals surface area contributed by atoms with Gasteiger partial charge in [0.05, 0.1) is 31.5 Å². The third-order valence-corrected chi connectivity index (χ3v) is 5.62.